The van der Waals surface area contributed by atoms with Gasteiger partial charge in [0.1, 0.15) is 23.8 Å². The van der Waals surface area contributed by atoms with E-state index in [1.807, 2.05) is 0 Å². The molecule has 1 aliphatic heterocycles. The number of carbonyl (C=O) groups excluding carboxylic acids is 3. The first kappa shape index (κ1) is 23.1. The number of nitrogens with zero attached hydrogens (tertiary/aromatic N) is 7. The average Bonchev–Trinajstić information content (AvgIpc) is 3.26. The second-order valence-electron chi connectivity index (χ2n) is 10.1. The van der Waals surface area contributed by atoms with Crippen LogP contribution in [0.3, 0.4) is 0 Å². The summed E-state index contributed by atoms with van der Waals surface area (Å²) in [6.07, 6.45) is 8.03. The fourth-order valence-corrected chi connectivity index (χ4v) is 5.38. The second-order valence-corrected chi connectivity index (χ2v) is 10.1. The molecular weight excluding hydrogens is 470 g/mol. The van der Waals surface area contributed by atoms with Crippen molar-refractivity contribution in [2.24, 2.45) is 5.41 Å². The van der Waals surface area contributed by atoms with Crippen molar-refractivity contribution in [3.63, 3.8) is 0 Å². The first-order valence-corrected chi connectivity index (χ1v) is 12.2. The highest BCUT2D eigenvalue weighted by Gasteiger charge is 2.64. The predicted molar refractivity (Wildman–Crippen MR) is 134 cm³/mol. The number of piperidine rings is 1. The van der Waals surface area contributed by atoms with E-state index in [1.165, 1.54) is 11.6 Å². The molecule has 1 saturated heterocycles. The monoisotopic (exact) mass is 495 g/mol. The summed E-state index contributed by atoms with van der Waals surface area (Å²) in [4.78, 5) is 58.3. The first-order valence-electron chi connectivity index (χ1n) is 12.2. The summed E-state index contributed by atoms with van der Waals surface area (Å²) in [6, 6.07) is 6.43. The van der Waals surface area contributed by atoms with E-state index in [0.717, 1.165) is 6.42 Å². The SMILES string of the molecule is CC(=O)c1nn(CC(=O)N2C(C(=O)c3ccccn3)CC3(C)CC23)c2cnc(-c3cnc(C)nc3)cc12. The zero-order valence-electron chi connectivity index (χ0n) is 20.8. The van der Waals surface area contributed by atoms with Crippen LogP contribution in [0, 0.1) is 12.3 Å². The Morgan fingerprint density at radius 1 is 1.05 bits per heavy atom. The van der Waals surface area contributed by atoms with Gasteiger partial charge in [-0.05, 0) is 43.4 Å². The van der Waals surface area contributed by atoms with Crippen molar-refractivity contribution in [2.45, 2.75) is 52.2 Å². The topological polar surface area (TPSA) is 124 Å². The molecule has 1 saturated carbocycles. The molecule has 10 nitrogen and oxygen atoms in total. The van der Waals surface area contributed by atoms with Crippen molar-refractivity contribution in [2.75, 3.05) is 0 Å². The Kier molecular flexibility index (Phi) is 5.22. The van der Waals surface area contributed by atoms with E-state index in [9.17, 15) is 14.4 Å². The Morgan fingerprint density at radius 3 is 2.54 bits per heavy atom. The van der Waals surface area contributed by atoms with Crippen LogP contribution in [-0.4, -0.2) is 64.2 Å². The van der Waals surface area contributed by atoms with E-state index in [4.69, 9.17) is 0 Å². The zero-order chi connectivity index (χ0) is 25.9. The van der Waals surface area contributed by atoms with Crippen LogP contribution in [0.2, 0.25) is 0 Å². The van der Waals surface area contributed by atoms with Gasteiger partial charge in [-0.3, -0.25) is 29.0 Å². The standard InChI is InChI=1S/C27H25N7O3/c1-15(35)25-18-8-20(17-11-29-16(2)30-12-17)31-13-22(18)33(32-25)14-24(36)34-21(9-27(3)10-23(27)34)26(37)19-6-4-5-7-28-19/h4-8,11-13,21,23H,9-10,14H2,1-3H3. The van der Waals surface area contributed by atoms with Gasteiger partial charge in [0.05, 0.1) is 23.4 Å². The quantitative estimate of drug-likeness (QED) is 0.374. The Balaban J connectivity index is 1.33. The number of likely N-dealkylation sites (tertiary alicyclic amines) is 1. The third kappa shape index (κ3) is 3.89. The maximum Gasteiger partial charge on any atom is 0.245 e. The number of aromatic nitrogens is 6. The number of pyridine rings is 2. The lowest BCUT2D eigenvalue weighted by Gasteiger charge is -2.26. The molecule has 5 heterocycles. The number of rotatable bonds is 6. The van der Waals surface area contributed by atoms with Gasteiger partial charge in [0, 0.05) is 42.5 Å². The van der Waals surface area contributed by atoms with E-state index < -0.39 is 6.04 Å². The largest absolute Gasteiger partial charge is 0.327 e. The lowest BCUT2D eigenvalue weighted by Crippen LogP contribution is -2.45. The van der Waals surface area contributed by atoms with Crippen LogP contribution in [-0.2, 0) is 11.3 Å². The molecule has 4 aromatic rings. The van der Waals surface area contributed by atoms with Crippen molar-refractivity contribution in [3.05, 3.63) is 66.3 Å². The minimum absolute atomic E-state index is 0.0121. The van der Waals surface area contributed by atoms with Gasteiger partial charge in [-0.25, -0.2) is 9.97 Å². The van der Waals surface area contributed by atoms with Crippen molar-refractivity contribution in [1.29, 1.82) is 0 Å². The van der Waals surface area contributed by atoms with E-state index in [0.29, 0.717) is 40.1 Å². The summed E-state index contributed by atoms with van der Waals surface area (Å²) >= 11 is 0. The lowest BCUT2D eigenvalue weighted by atomic mass is 9.97. The average molecular weight is 496 g/mol. The van der Waals surface area contributed by atoms with Crippen LogP contribution < -0.4 is 0 Å². The van der Waals surface area contributed by atoms with Crippen molar-refractivity contribution in [1.82, 2.24) is 34.6 Å². The van der Waals surface area contributed by atoms with Gasteiger partial charge in [-0.1, -0.05) is 13.0 Å². The Morgan fingerprint density at radius 2 is 1.84 bits per heavy atom. The molecule has 0 spiro atoms. The predicted octanol–water partition coefficient (Wildman–Crippen LogP) is 3.06. The van der Waals surface area contributed by atoms with Crippen molar-refractivity contribution >= 4 is 28.4 Å². The number of aryl methyl sites for hydroxylation is 1. The molecule has 186 valence electrons. The number of ketones is 2. The molecule has 0 aromatic carbocycles. The molecule has 6 rings (SSSR count). The van der Waals surface area contributed by atoms with E-state index in [-0.39, 0.29) is 41.2 Å². The highest BCUT2D eigenvalue weighted by molar-refractivity contribution is 6.06. The number of carbonyl (C=O) groups is 3. The molecular formula is C27H25N7O3. The van der Waals surface area contributed by atoms with E-state index in [2.05, 4.69) is 32.0 Å². The normalized spacial score (nSPS) is 22.2. The van der Waals surface area contributed by atoms with Gasteiger partial charge >= 0.3 is 0 Å². The Hall–Kier alpha value is -4.34. The Bertz CT molecular complexity index is 1560. The number of fused-ring (bicyclic) bond motifs is 2. The summed E-state index contributed by atoms with van der Waals surface area (Å²) < 4.78 is 1.51. The summed E-state index contributed by atoms with van der Waals surface area (Å²) in [5.41, 5.74) is 2.45. The summed E-state index contributed by atoms with van der Waals surface area (Å²) in [7, 11) is 0. The highest BCUT2D eigenvalue weighted by Crippen LogP contribution is 2.59. The summed E-state index contributed by atoms with van der Waals surface area (Å²) in [5, 5.41) is 5.09. The first-order chi connectivity index (χ1) is 17.7. The highest BCUT2D eigenvalue weighted by atomic mass is 16.2. The van der Waals surface area contributed by atoms with Gasteiger partial charge in [-0.2, -0.15) is 5.10 Å². The minimum Gasteiger partial charge on any atom is -0.327 e. The van der Waals surface area contributed by atoms with Gasteiger partial charge in [0.15, 0.2) is 5.78 Å². The molecule has 0 bridgehead atoms. The van der Waals surface area contributed by atoms with Crippen LogP contribution in [0.15, 0.2) is 49.1 Å². The van der Waals surface area contributed by atoms with Crippen LogP contribution in [0.5, 0.6) is 0 Å². The fourth-order valence-electron chi connectivity index (χ4n) is 5.38. The molecule has 2 fully saturated rings. The lowest BCUT2D eigenvalue weighted by molar-refractivity contribution is -0.133. The van der Waals surface area contributed by atoms with Gasteiger partial charge in [0.2, 0.25) is 11.7 Å². The molecule has 37 heavy (non-hydrogen) atoms. The molecule has 2 aliphatic rings. The van der Waals surface area contributed by atoms with Crippen LogP contribution in [0.25, 0.3) is 22.2 Å². The molecule has 0 radical (unpaired) electrons. The molecule has 1 amide bonds. The third-order valence-electron chi connectivity index (χ3n) is 7.48. The van der Waals surface area contributed by atoms with E-state index in [1.54, 1.807) is 60.9 Å². The zero-order valence-corrected chi connectivity index (χ0v) is 20.8. The third-order valence-corrected chi connectivity index (χ3v) is 7.48. The maximum atomic E-state index is 13.7. The number of amides is 1. The molecule has 3 unspecified atom stereocenters. The number of Topliss-reactive ketones (excluding diaryl/α,β-unsaturated/α-hetero) is 2. The van der Waals surface area contributed by atoms with Gasteiger partial charge < -0.3 is 4.90 Å². The molecule has 0 N–H and O–H groups in total. The molecule has 3 atom stereocenters. The molecule has 10 heteroatoms. The van der Waals surface area contributed by atoms with Crippen molar-refractivity contribution in [3.8, 4) is 11.3 Å². The molecule has 4 aromatic heterocycles. The Labute approximate surface area is 212 Å². The smallest absolute Gasteiger partial charge is 0.245 e. The molecule has 1 aliphatic carbocycles. The fraction of sp³-hybridized carbons (Fsp3) is 0.333. The summed E-state index contributed by atoms with van der Waals surface area (Å²) in [6.45, 7) is 5.26. The van der Waals surface area contributed by atoms with Crippen LogP contribution in [0.1, 0.15) is 53.5 Å². The van der Waals surface area contributed by atoms with E-state index >= 15 is 0 Å². The van der Waals surface area contributed by atoms with Crippen LogP contribution in [0.4, 0.5) is 0 Å². The number of hydrogen-bond donors (Lipinski definition) is 0. The van der Waals surface area contributed by atoms with Crippen molar-refractivity contribution < 1.29 is 14.4 Å². The van der Waals surface area contributed by atoms with Crippen LogP contribution >= 0.6 is 0 Å². The van der Waals surface area contributed by atoms with Gasteiger partial charge in [-0.15, -0.1) is 0 Å². The minimum atomic E-state index is -0.563. The number of hydrogen-bond acceptors (Lipinski definition) is 8. The second kappa shape index (κ2) is 8.36. The maximum absolute atomic E-state index is 13.7. The summed E-state index contributed by atoms with van der Waals surface area (Å²) in [5.74, 6) is 0.0708. The van der Waals surface area contributed by atoms with Gasteiger partial charge in [0.25, 0.3) is 0 Å².